The van der Waals surface area contributed by atoms with Crippen LogP contribution in [-0.2, 0) is 4.79 Å². The molecule has 2 rings (SSSR count). The fraction of sp³-hybridized carbons (Fsp3) is 0.364. The zero-order chi connectivity index (χ0) is 10.8. The number of aliphatic carboxylic acids is 1. The smallest absolute Gasteiger partial charge is 0.345 e. The number of benzene rings is 1. The van der Waals surface area contributed by atoms with Crippen LogP contribution in [0, 0.1) is 5.92 Å². The SMILES string of the molecule is [B]c1ccc(OC(C(=O)O)C2CC2)cc1. The molecule has 0 aromatic heterocycles. The summed E-state index contributed by atoms with van der Waals surface area (Å²) in [5.74, 6) is -0.169. The van der Waals surface area contributed by atoms with Crippen LogP contribution < -0.4 is 10.2 Å². The van der Waals surface area contributed by atoms with Gasteiger partial charge in [0.25, 0.3) is 0 Å². The van der Waals surface area contributed by atoms with E-state index in [2.05, 4.69) is 0 Å². The molecule has 2 radical (unpaired) electrons. The molecule has 0 spiro atoms. The van der Waals surface area contributed by atoms with E-state index in [-0.39, 0.29) is 5.92 Å². The third kappa shape index (κ3) is 2.52. The summed E-state index contributed by atoms with van der Waals surface area (Å²) in [7, 11) is 5.52. The van der Waals surface area contributed by atoms with Crippen LogP contribution in [-0.4, -0.2) is 25.0 Å². The van der Waals surface area contributed by atoms with Gasteiger partial charge in [0.05, 0.1) is 0 Å². The Kier molecular flexibility index (Phi) is 2.67. The molecule has 1 saturated carbocycles. The van der Waals surface area contributed by atoms with Gasteiger partial charge in [-0.15, -0.1) is 0 Å². The third-order valence-electron chi connectivity index (χ3n) is 2.44. The van der Waals surface area contributed by atoms with Crippen molar-refractivity contribution in [1.82, 2.24) is 0 Å². The lowest BCUT2D eigenvalue weighted by Crippen LogP contribution is -2.29. The van der Waals surface area contributed by atoms with Gasteiger partial charge in [-0.05, 0) is 25.0 Å². The van der Waals surface area contributed by atoms with Crippen LogP contribution in [0.2, 0.25) is 0 Å². The van der Waals surface area contributed by atoms with Crippen molar-refractivity contribution in [2.45, 2.75) is 18.9 Å². The quantitative estimate of drug-likeness (QED) is 0.731. The molecule has 1 aliphatic rings. The maximum absolute atomic E-state index is 10.9. The van der Waals surface area contributed by atoms with Crippen molar-refractivity contribution >= 4 is 19.3 Å². The Labute approximate surface area is 89.5 Å². The van der Waals surface area contributed by atoms with E-state index in [1.165, 1.54) is 0 Å². The van der Waals surface area contributed by atoms with Crippen molar-refractivity contribution in [2.24, 2.45) is 5.92 Å². The summed E-state index contributed by atoms with van der Waals surface area (Å²) in [6, 6.07) is 6.77. The Morgan fingerprint density at radius 2 is 2.00 bits per heavy atom. The van der Waals surface area contributed by atoms with Crippen molar-refractivity contribution in [3.63, 3.8) is 0 Å². The Hall–Kier alpha value is -1.45. The van der Waals surface area contributed by atoms with Crippen LogP contribution >= 0.6 is 0 Å². The standard InChI is InChI=1S/C11H11BO3/c12-8-3-5-9(6-4-8)15-10(11(13)14)7-1-2-7/h3-7,10H,1-2H2,(H,13,14). The van der Waals surface area contributed by atoms with E-state index in [4.69, 9.17) is 17.7 Å². The highest BCUT2D eigenvalue weighted by Crippen LogP contribution is 2.34. The van der Waals surface area contributed by atoms with Gasteiger partial charge >= 0.3 is 5.97 Å². The molecular formula is C11H11BO3. The lowest BCUT2D eigenvalue weighted by Gasteiger charge is -2.14. The topological polar surface area (TPSA) is 46.5 Å². The van der Waals surface area contributed by atoms with Crippen molar-refractivity contribution in [1.29, 1.82) is 0 Å². The minimum atomic E-state index is -0.894. The second-order valence-electron chi connectivity index (χ2n) is 3.78. The Balaban J connectivity index is 2.05. The monoisotopic (exact) mass is 202 g/mol. The van der Waals surface area contributed by atoms with Gasteiger partial charge in [0.1, 0.15) is 13.6 Å². The van der Waals surface area contributed by atoms with Crippen LogP contribution in [0.25, 0.3) is 0 Å². The average molecular weight is 202 g/mol. The second-order valence-corrected chi connectivity index (χ2v) is 3.78. The summed E-state index contributed by atoms with van der Waals surface area (Å²) in [5, 5.41) is 8.95. The maximum atomic E-state index is 10.9. The molecule has 0 aliphatic heterocycles. The van der Waals surface area contributed by atoms with E-state index in [9.17, 15) is 4.79 Å². The highest BCUT2D eigenvalue weighted by Gasteiger charge is 2.38. The molecule has 15 heavy (non-hydrogen) atoms. The lowest BCUT2D eigenvalue weighted by atomic mass is 9.97. The van der Waals surface area contributed by atoms with E-state index in [0.29, 0.717) is 11.2 Å². The predicted molar refractivity (Wildman–Crippen MR) is 56.6 cm³/mol. The van der Waals surface area contributed by atoms with Gasteiger partial charge in [0.2, 0.25) is 0 Å². The number of hydrogen-bond donors (Lipinski definition) is 1. The van der Waals surface area contributed by atoms with Crippen LogP contribution in [0.1, 0.15) is 12.8 Å². The van der Waals surface area contributed by atoms with Crippen LogP contribution in [0.15, 0.2) is 24.3 Å². The highest BCUT2D eigenvalue weighted by atomic mass is 16.5. The van der Waals surface area contributed by atoms with Gasteiger partial charge in [-0.2, -0.15) is 0 Å². The van der Waals surface area contributed by atoms with Gasteiger partial charge in [0, 0.05) is 5.92 Å². The molecule has 3 nitrogen and oxygen atoms in total. The molecule has 0 heterocycles. The molecule has 1 aromatic carbocycles. The van der Waals surface area contributed by atoms with Crippen LogP contribution in [0.3, 0.4) is 0 Å². The van der Waals surface area contributed by atoms with Crippen LogP contribution in [0.5, 0.6) is 5.75 Å². The van der Waals surface area contributed by atoms with Crippen molar-refractivity contribution in [3.05, 3.63) is 24.3 Å². The first-order valence-electron chi connectivity index (χ1n) is 4.92. The lowest BCUT2D eigenvalue weighted by molar-refractivity contribution is -0.146. The molecule has 1 fully saturated rings. The number of ether oxygens (including phenoxy) is 1. The molecule has 1 aliphatic carbocycles. The predicted octanol–water partition coefficient (Wildman–Crippen LogP) is 0.722. The molecule has 1 aromatic rings. The molecule has 0 amide bonds. The number of hydrogen-bond acceptors (Lipinski definition) is 2. The maximum Gasteiger partial charge on any atom is 0.345 e. The largest absolute Gasteiger partial charge is 0.478 e. The minimum Gasteiger partial charge on any atom is -0.478 e. The van der Waals surface area contributed by atoms with E-state index in [1.807, 2.05) is 0 Å². The number of carboxylic acids is 1. The zero-order valence-electron chi connectivity index (χ0n) is 8.22. The first kappa shape index (κ1) is 10.1. The van der Waals surface area contributed by atoms with E-state index in [0.717, 1.165) is 12.8 Å². The summed E-state index contributed by atoms with van der Waals surface area (Å²) >= 11 is 0. The number of rotatable bonds is 4. The van der Waals surface area contributed by atoms with Gasteiger partial charge in [-0.3, -0.25) is 0 Å². The normalized spacial score (nSPS) is 17.1. The average Bonchev–Trinajstić information content (AvgIpc) is 3.00. The minimum absolute atomic E-state index is 0.167. The van der Waals surface area contributed by atoms with Gasteiger partial charge in [0.15, 0.2) is 6.10 Å². The summed E-state index contributed by atoms with van der Waals surface area (Å²) in [6.07, 6.45) is 1.16. The Morgan fingerprint density at radius 3 is 2.47 bits per heavy atom. The number of carboxylic acid groups (broad SMARTS) is 1. The molecule has 1 unspecified atom stereocenters. The Morgan fingerprint density at radius 1 is 1.40 bits per heavy atom. The van der Waals surface area contributed by atoms with E-state index >= 15 is 0 Å². The highest BCUT2D eigenvalue weighted by molar-refractivity contribution is 6.32. The summed E-state index contributed by atoms with van der Waals surface area (Å²) in [4.78, 5) is 10.9. The fourth-order valence-electron chi connectivity index (χ4n) is 1.44. The summed E-state index contributed by atoms with van der Waals surface area (Å²) in [5.41, 5.74) is 0.639. The summed E-state index contributed by atoms with van der Waals surface area (Å²) in [6.45, 7) is 0. The van der Waals surface area contributed by atoms with Gasteiger partial charge in [-0.25, -0.2) is 4.79 Å². The first-order valence-corrected chi connectivity index (χ1v) is 4.92. The molecule has 1 N–H and O–H groups in total. The molecule has 4 heteroatoms. The van der Waals surface area contributed by atoms with Crippen LogP contribution in [0.4, 0.5) is 0 Å². The molecule has 0 saturated heterocycles. The molecular weight excluding hydrogens is 191 g/mol. The van der Waals surface area contributed by atoms with E-state index < -0.39 is 12.1 Å². The third-order valence-corrected chi connectivity index (χ3v) is 2.44. The number of carbonyl (C=O) groups is 1. The Bertz CT molecular complexity index is 357. The summed E-state index contributed by atoms with van der Waals surface area (Å²) < 4.78 is 5.40. The zero-order valence-corrected chi connectivity index (χ0v) is 8.22. The van der Waals surface area contributed by atoms with Gasteiger partial charge in [-0.1, -0.05) is 17.6 Å². The molecule has 0 bridgehead atoms. The van der Waals surface area contributed by atoms with E-state index in [1.54, 1.807) is 24.3 Å². The van der Waals surface area contributed by atoms with Crippen molar-refractivity contribution < 1.29 is 14.6 Å². The molecule has 1 atom stereocenters. The van der Waals surface area contributed by atoms with Crippen molar-refractivity contribution in [3.8, 4) is 5.75 Å². The van der Waals surface area contributed by atoms with Crippen molar-refractivity contribution in [2.75, 3.05) is 0 Å². The fourth-order valence-corrected chi connectivity index (χ4v) is 1.44. The second kappa shape index (κ2) is 3.97. The first-order chi connectivity index (χ1) is 7.16. The molecule has 76 valence electrons. The van der Waals surface area contributed by atoms with Gasteiger partial charge < -0.3 is 9.84 Å².